The Bertz CT molecular complexity index is 1050. The molecule has 0 spiro atoms. The van der Waals surface area contributed by atoms with Crippen LogP contribution in [0.15, 0.2) is 42.5 Å². The van der Waals surface area contributed by atoms with Gasteiger partial charge in [0.05, 0.1) is 11.9 Å². The number of hydrogen-bond donors (Lipinski definition) is 1. The number of nitrogens with zero attached hydrogens (tertiary/aromatic N) is 2. The van der Waals surface area contributed by atoms with E-state index in [4.69, 9.17) is 23.2 Å². The van der Waals surface area contributed by atoms with Crippen molar-refractivity contribution in [2.75, 3.05) is 23.7 Å². The van der Waals surface area contributed by atoms with Crippen molar-refractivity contribution in [1.29, 1.82) is 0 Å². The fraction of sp³-hybridized carbons (Fsp3) is 0.458. The molecule has 33 heavy (non-hydrogen) atoms. The van der Waals surface area contributed by atoms with Crippen molar-refractivity contribution in [3.63, 3.8) is 0 Å². The van der Waals surface area contributed by atoms with E-state index in [1.165, 1.54) is 43.0 Å². The van der Waals surface area contributed by atoms with Crippen LogP contribution in [0.5, 0.6) is 0 Å². The van der Waals surface area contributed by atoms with Gasteiger partial charge in [-0.1, -0.05) is 60.8 Å². The monoisotopic (exact) mass is 511 g/mol. The summed E-state index contributed by atoms with van der Waals surface area (Å²) in [6.07, 6.45) is 5.14. The highest BCUT2D eigenvalue weighted by Gasteiger charge is 2.31. The number of benzene rings is 2. The molecule has 0 aromatic heterocycles. The molecule has 9 heteroatoms. The Morgan fingerprint density at radius 2 is 1.70 bits per heavy atom. The normalized spacial score (nSPS) is 15.8. The van der Waals surface area contributed by atoms with Gasteiger partial charge in [0, 0.05) is 23.1 Å². The Kier molecular flexibility index (Phi) is 9.04. The van der Waals surface area contributed by atoms with Gasteiger partial charge >= 0.3 is 0 Å². The lowest BCUT2D eigenvalue weighted by Gasteiger charge is -2.30. The highest BCUT2D eigenvalue weighted by molar-refractivity contribution is 7.92. The molecule has 1 saturated heterocycles. The fourth-order valence-corrected chi connectivity index (χ4v) is 5.96. The quantitative estimate of drug-likeness (QED) is 0.522. The van der Waals surface area contributed by atoms with Gasteiger partial charge in [0.1, 0.15) is 6.04 Å². The standard InChI is InChI=1S/C24H31Cl2N3O3S/c1-3-23(29(33(2,31)32)22-14-20(25)13-21(26)15-22)24(30)27-16-18-8-7-9-19(12-18)17-28-10-5-4-6-11-28/h7-9,12-15,23H,3-6,10-11,16-17H2,1-2H3,(H,27,30)/t23-/m0/s1. The first-order chi connectivity index (χ1) is 15.7. The molecule has 2 aromatic rings. The molecule has 1 aliphatic rings. The first-order valence-electron chi connectivity index (χ1n) is 11.2. The number of carbonyl (C=O) groups excluding carboxylic acids is 1. The number of rotatable bonds is 9. The van der Waals surface area contributed by atoms with Crippen molar-refractivity contribution in [3.05, 3.63) is 63.6 Å². The van der Waals surface area contributed by atoms with Crippen molar-refractivity contribution in [2.45, 2.75) is 51.7 Å². The Hall–Kier alpha value is -1.80. The molecule has 0 radical (unpaired) electrons. The predicted molar refractivity (Wildman–Crippen MR) is 135 cm³/mol. The maximum atomic E-state index is 13.1. The summed E-state index contributed by atoms with van der Waals surface area (Å²) in [5.41, 5.74) is 2.45. The van der Waals surface area contributed by atoms with Crippen molar-refractivity contribution in [1.82, 2.24) is 10.2 Å². The summed E-state index contributed by atoms with van der Waals surface area (Å²) in [4.78, 5) is 15.5. The van der Waals surface area contributed by atoms with Gasteiger partial charge in [-0.25, -0.2) is 8.42 Å². The number of anilines is 1. The molecule has 1 N–H and O–H groups in total. The molecule has 1 amide bonds. The summed E-state index contributed by atoms with van der Waals surface area (Å²) < 4.78 is 26.3. The minimum atomic E-state index is -3.76. The van der Waals surface area contributed by atoms with Crippen LogP contribution in [0.2, 0.25) is 10.0 Å². The van der Waals surface area contributed by atoms with Gasteiger partial charge in [-0.05, 0) is 61.7 Å². The summed E-state index contributed by atoms with van der Waals surface area (Å²) in [5, 5.41) is 3.50. The Balaban J connectivity index is 1.72. The summed E-state index contributed by atoms with van der Waals surface area (Å²) in [5.74, 6) is -0.375. The van der Waals surface area contributed by atoms with Crippen molar-refractivity contribution in [3.8, 4) is 0 Å². The number of hydrogen-bond acceptors (Lipinski definition) is 4. The van der Waals surface area contributed by atoms with Crippen LogP contribution in [0.1, 0.15) is 43.7 Å². The molecule has 1 aliphatic heterocycles. The second kappa shape index (κ2) is 11.6. The largest absolute Gasteiger partial charge is 0.350 e. The highest BCUT2D eigenvalue weighted by Crippen LogP contribution is 2.29. The zero-order chi connectivity index (χ0) is 24.0. The van der Waals surface area contributed by atoms with Crippen LogP contribution >= 0.6 is 23.2 Å². The number of amides is 1. The molecular formula is C24H31Cl2N3O3S. The van der Waals surface area contributed by atoms with E-state index >= 15 is 0 Å². The molecule has 0 saturated carbocycles. The van der Waals surface area contributed by atoms with Gasteiger partial charge in [-0.2, -0.15) is 0 Å². The minimum absolute atomic E-state index is 0.264. The van der Waals surface area contributed by atoms with E-state index in [0.717, 1.165) is 35.8 Å². The zero-order valence-corrected chi connectivity index (χ0v) is 21.4. The third-order valence-corrected chi connectivity index (χ3v) is 7.36. The fourth-order valence-electron chi connectivity index (χ4n) is 4.25. The van der Waals surface area contributed by atoms with Crippen LogP contribution in [0, 0.1) is 0 Å². The Labute approximate surface area is 206 Å². The molecule has 1 heterocycles. The molecule has 1 fully saturated rings. The number of sulfonamides is 1. The van der Waals surface area contributed by atoms with Crippen molar-refractivity contribution >= 4 is 44.8 Å². The molecule has 2 aromatic carbocycles. The lowest BCUT2D eigenvalue weighted by atomic mass is 10.1. The maximum absolute atomic E-state index is 13.1. The lowest BCUT2D eigenvalue weighted by molar-refractivity contribution is -0.122. The zero-order valence-electron chi connectivity index (χ0n) is 19.1. The number of halogens is 2. The van der Waals surface area contributed by atoms with Gasteiger partial charge in [0.25, 0.3) is 0 Å². The molecule has 1 atom stereocenters. The van der Waals surface area contributed by atoms with Gasteiger partial charge in [0.2, 0.25) is 15.9 Å². The molecule has 3 rings (SSSR count). The molecule has 180 valence electrons. The molecular weight excluding hydrogens is 481 g/mol. The average Bonchev–Trinajstić information content (AvgIpc) is 2.75. The molecule has 0 unspecified atom stereocenters. The summed E-state index contributed by atoms with van der Waals surface area (Å²) in [7, 11) is -3.76. The number of likely N-dealkylation sites (tertiary alicyclic amines) is 1. The van der Waals surface area contributed by atoms with Gasteiger partial charge in [-0.15, -0.1) is 0 Å². The first kappa shape index (κ1) is 25.8. The van der Waals surface area contributed by atoms with Crippen LogP contribution < -0.4 is 9.62 Å². The van der Waals surface area contributed by atoms with Crippen molar-refractivity contribution < 1.29 is 13.2 Å². The van der Waals surface area contributed by atoms with Crippen LogP contribution in [-0.2, 0) is 27.9 Å². The number of nitrogens with one attached hydrogen (secondary N) is 1. The second-order valence-corrected chi connectivity index (χ2v) is 11.2. The SMILES string of the molecule is CC[C@@H](C(=O)NCc1cccc(CN2CCCCC2)c1)N(c1cc(Cl)cc(Cl)c1)S(C)(=O)=O. The maximum Gasteiger partial charge on any atom is 0.244 e. The van der Waals surface area contributed by atoms with E-state index in [2.05, 4.69) is 22.3 Å². The van der Waals surface area contributed by atoms with Crippen molar-refractivity contribution in [2.24, 2.45) is 0 Å². The molecule has 0 aliphatic carbocycles. The summed E-state index contributed by atoms with van der Waals surface area (Å²) in [6.45, 7) is 5.23. The lowest BCUT2D eigenvalue weighted by Crippen LogP contribution is -2.49. The summed E-state index contributed by atoms with van der Waals surface area (Å²) >= 11 is 12.2. The highest BCUT2D eigenvalue weighted by atomic mass is 35.5. The first-order valence-corrected chi connectivity index (χ1v) is 13.8. The van der Waals surface area contributed by atoms with Gasteiger partial charge in [0.15, 0.2) is 0 Å². The Morgan fingerprint density at radius 1 is 1.06 bits per heavy atom. The third-order valence-electron chi connectivity index (χ3n) is 5.74. The summed E-state index contributed by atoms with van der Waals surface area (Å²) in [6, 6.07) is 11.7. The topological polar surface area (TPSA) is 69.7 Å². The minimum Gasteiger partial charge on any atom is -0.350 e. The smallest absolute Gasteiger partial charge is 0.244 e. The van der Waals surface area contributed by atoms with E-state index in [1.54, 1.807) is 6.92 Å². The molecule has 6 nitrogen and oxygen atoms in total. The van der Waals surface area contributed by atoms with Gasteiger partial charge in [-0.3, -0.25) is 14.0 Å². The van der Waals surface area contributed by atoms with E-state index in [-0.39, 0.29) is 18.0 Å². The van der Waals surface area contributed by atoms with E-state index in [1.807, 2.05) is 12.1 Å². The molecule has 0 bridgehead atoms. The average molecular weight is 513 g/mol. The van der Waals surface area contributed by atoms with Crippen LogP contribution in [-0.4, -0.2) is 44.6 Å². The third kappa shape index (κ3) is 7.34. The van der Waals surface area contributed by atoms with Crippen LogP contribution in [0.4, 0.5) is 5.69 Å². The van der Waals surface area contributed by atoms with E-state index in [0.29, 0.717) is 16.6 Å². The Morgan fingerprint density at radius 3 is 2.30 bits per heavy atom. The second-order valence-electron chi connectivity index (χ2n) is 8.49. The number of piperidine rings is 1. The predicted octanol–water partition coefficient (Wildman–Crippen LogP) is 4.84. The van der Waals surface area contributed by atoms with Crippen LogP contribution in [0.3, 0.4) is 0 Å². The van der Waals surface area contributed by atoms with E-state index in [9.17, 15) is 13.2 Å². The van der Waals surface area contributed by atoms with Gasteiger partial charge < -0.3 is 5.32 Å². The van der Waals surface area contributed by atoms with E-state index < -0.39 is 16.1 Å². The number of carbonyl (C=O) groups is 1. The van der Waals surface area contributed by atoms with Crippen LogP contribution in [0.25, 0.3) is 0 Å².